The van der Waals surface area contributed by atoms with Crippen LogP contribution in [0.25, 0.3) is 0 Å². The molecule has 0 aliphatic carbocycles. The first-order valence-electron chi connectivity index (χ1n) is 6.08. The summed E-state index contributed by atoms with van der Waals surface area (Å²) in [4.78, 5) is 11.0. The van der Waals surface area contributed by atoms with Crippen molar-refractivity contribution >= 4 is 16.0 Å². The van der Waals surface area contributed by atoms with Crippen molar-refractivity contribution < 1.29 is 27.8 Å². The van der Waals surface area contributed by atoms with Crippen molar-refractivity contribution in [3.63, 3.8) is 0 Å². The highest BCUT2D eigenvalue weighted by molar-refractivity contribution is 7.89. The Labute approximate surface area is 114 Å². The fourth-order valence-corrected chi connectivity index (χ4v) is 2.45. The molecule has 0 aliphatic heterocycles. The van der Waals surface area contributed by atoms with Crippen LogP contribution in [0.1, 0.15) is 20.3 Å². The highest BCUT2D eigenvalue weighted by atomic mass is 32.2. The summed E-state index contributed by atoms with van der Waals surface area (Å²) in [6, 6.07) is -1.09. The lowest BCUT2D eigenvalue weighted by molar-refractivity contribution is -0.139. The van der Waals surface area contributed by atoms with Crippen LogP contribution in [0.5, 0.6) is 0 Å². The Morgan fingerprint density at radius 2 is 1.89 bits per heavy atom. The first-order chi connectivity index (χ1) is 8.78. The molecule has 8 heteroatoms. The molecule has 0 bridgehead atoms. The lowest BCUT2D eigenvalue weighted by atomic mass is 10.1. The van der Waals surface area contributed by atoms with Crippen LogP contribution in [0, 0.1) is 5.92 Å². The lowest BCUT2D eigenvalue weighted by Crippen LogP contribution is -2.43. The van der Waals surface area contributed by atoms with E-state index >= 15 is 0 Å². The van der Waals surface area contributed by atoms with Crippen LogP contribution < -0.4 is 4.72 Å². The molecule has 0 heterocycles. The summed E-state index contributed by atoms with van der Waals surface area (Å²) in [6.45, 7) is 4.36. The third-order valence-corrected chi connectivity index (χ3v) is 3.60. The fraction of sp³-hybridized carbons (Fsp3) is 0.909. The molecule has 0 unspecified atom stereocenters. The van der Waals surface area contributed by atoms with Crippen molar-refractivity contribution in [1.82, 2.24) is 4.72 Å². The van der Waals surface area contributed by atoms with Gasteiger partial charge in [0.15, 0.2) is 0 Å². The molecule has 0 saturated heterocycles. The predicted octanol–water partition coefficient (Wildman–Crippen LogP) is 0.0681. The summed E-state index contributed by atoms with van der Waals surface area (Å²) in [5.74, 6) is -1.35. The van der Waals surface area contributed by atoms with E-state index in [1.807, 2.05) is 13.8 Å². The lowest BCUT2D eigenvalue weighted by Gasteiger charge is -2.16. The van der Waals surface area contributed by atoms with Gasteiger partial charge < -0.3 is 14.6 Å². The molecule has 1 atom stereocenters. The maximum Gasteiger partial charge on any atom is 0.321 e. The Hall–Kier alpha value is -0.700. The molecular weight excluding hydrogens is 274 g/mol. The number of rotatable bonds is 11. The minimum atomic E-state index is -3.66. The average molecular weight is 297 g/mol. The van der Waals surface area contributed by atoms with Gasteiger partial charge in [0.25, 0.3) is 0 Å². The Morgan fingerprint density at radius 3 is 2.37 bits per heavy atom. The van der Waals surface area contributed by atoms with Crippen molar-refractivity contribution in [2.45, 2.75) is 26.3 Å². The Balaban J connectivity index is 4.20. The zero-order chi connectivity index (χ0) is 14.9. The second-order valence-corrected chi connectivity index (χ2v) is 6.44. The predicted molar refractivity (Wildman–Crippen MR) is 70.5 cm³/mol. The number of ether oxygens (including phenoxy) is 2. The molecule has 0 aromatic heterocycles. The number of carbonyl (C=O) groups is 1. The average Bonchev–Trinajstić information content (AvgIpc) is 2.26. The van der Waals surface area contributed by atoms with Gasteiger partial charge in [-0.25, -0.2) is 13.1 Å². The Morgan fingerprint density at radius 1 is 1.26 bits per heavy atom. The molecule has 114 valence electrons. The quantitative estimate of drug-likeness (QED) is 0.523. The van der Waals surface area contributed by atoms with E-state index in [1.165, 1.54) is 7.11 Å². The zero-order valence-corrected chi connectivity index (χ0v) is 12.4. The van der Waals surface area contributed by atoms with E-state index in [0.717, 1.165) is 0 Å². The largest absolute Gasteiger partial charge is 0.480 e. The molecular formula is C11H23NO6S. The molecule has 0 aromatic rings. The standard InChI is InChI=1S/C11H23NO6S/c1-9(2)8-10(11(13)14)12-19(15,16)7-6-18-5-4-17-3/h9-10,12H,4-8H2,1-3H3,(H,13,14)/t10-/m0/s1. The number of carboxylic acids is 1. The smallest absolute Gasteiger partial charge is 0.321 e. The number of methoxy groups -OCH3 is 1. The summed E-state index contributed by atoms with van der Waals surface area (Å²) in [5, 5.41) is 8.95. The van der Waals surface area contributed by atoms with E-state index in [-0.39, 0.29) is 24.7 Å². The maximum absolute atomic E-state index is 11.7. The van der Waals surface area contributed by atoms with Gasteiger partial charge in [-0.05, 0) is 12.3 Å². The molecule has 0 radical (unpaired) electrons. The molecule has 0 fully saturated rings. The molecule has 19 heavy (non-hydrogen) atoms. The highest BCUT2D eigenvalue weighted by Crippen LogP contribution is 2.06. The van der Waals surface area contributed by atoms with E-state index in [9.17, 15) is 13.2 Å². The minimum absolute atomic E-state index is 0.00666. The minimum Gasteiger partial charge on any atom is -0.480 e. The molecule has 0 saturated carbocycles. The number of hydrogen-bond acceptors (Lipinski definition) is 5. The topological polar surface area (TPSA) is 102 Å². The molecule has 0 spiro atoms. The maximum atomic E-state index is 11.7. The third-order valence-electron chi connectivity index (χ3n) is 2.26. The molecule has 0 aliphatic rings. The molecule has 0 rings (SSSR count). The second kappa shape index (κ2) is 9.24. The van der Waals surface area contributed by atoms with Gasteiger partial charge in [0.1, 0.15) is 6.04 Å². The normalized spacial score (nSPS) is 13.7. The van der Waals surface area contributed by atoms with Crippen molar-refractivity contribution in [2.75, 3.05) is 32.7 Å². The van der Waals surface area contributed by atoms with Crippen LogP contribution in [0.4, 0.5) is 0 Å². The van der Waals surface area contributed by atoms with Crippen molar-refractivity contribution in [3.8, 4) is 0 Å². The van der Waals surface area contributed by atoms with Crippen LogP contribution in [0.3, 0.4) is 0 Å². The first-order valence-corrected chi connectivity index (χ1v) is 7.73. The number of sulfonamides is 1. The Bertz CT molecular complexity index is 354. The van der Waals surface area contributed by atoms with E-state index in [4.69, 9.17) is 14.6 Å². The highest BCUT2D eigenvalue weighted by Gasteiger charge is 2.24. The van der Waals surface area contributed by atoms with Crippen LogP contribution in [-0.2, 0) is 24.3 Å². The van der Waals surface area contributed by atoms with Crippen LogP contribution >= 0.6 is 0 Å². The van der Waals surface area contributed by atoms with Gasteiger partial charge in [-0.1, -0.05) is 13.8 Å². The van der Waals surface area contributed by atoms with Gasteiger partial charge in [-0.15, -0.1) is 0 Å². The molecule has 2 N–H and O–H groups in total. The SMILES string of the molecule is COCCOCCS(=O)(=O)N[C@@H](CC(C)C)C(=O)O. The number of carboxylic acid groups (broad SMARTS) is 1. The monoisotopic (exact) mass is 297 g/mol. The van der Waals surface area contributed by atoms with Gasteiger partial charge >= 0.3 is 5.97 Å². The summed E-state index contributed by atoms with van der Waals surface area (Å²) >= 11 is 0. The molecule has 0 aromatic carbocycles. The second-order valence-electron chi connectivity index (χ2n) is 4.56. The van der Waals surface area contributed by atoms with Gasteiger partial charge in [0, 0.05) is 7.11 Å². The van der Waals surface area contributed by atoms with Crippen LogP contribution in [0.15, 0.2) is 0 Å². The first kappa shape index (κ1) is 18.3. The third kappa shape index (κ3) is 9.83. The van der Waals surface area contributed by atoms with Crippen LogP contribution in [-0.4, -0.2) is 58.2 Å². The van der Waals surface area contributed by atoms with E-state index < -0.39 is 22.0 Å². The molecule has 7 nitrogen and oxygen atoms in total. The van der Waals surface area contributed by atoms with E-state index in [0.29, 0.717) is 13.2 Å². The summed E-state index contributed by atoms with van der Waals surface area (Å²) in [6.07, 6.45) is 0.249. The van der Waals surface area contributed by atoms with Gasteiger partial charge in [-0.3, -0.25) is 4.79 Å². The summed E-state index contributed by atoms with van der Waals surface area (Å²) in [5.41, 5.74) is 0. The summed E-state index contributed by atoms with van der Waals surface area (Å²) < 4.78 is 35.3. The number of hydrogen-bond donors (Lipinski definition) is 2. The van der Waals surface area contributed by atoms with E-state index in [1.54, 1.807) is 0 Å². The van der Waals surface area contributed by atoms with E-state index in [2.05, 4.69) is 4.72 Å². The zero-order valence-electron chi connectivity index (χ0n) is 11.6. The number of nitrogens with one attached hydrogen (secondary N) is 1. The molecule has 0 amide bonds. The number of aliphatic carboxylic acids is 1. The van der Waals surface area contributed by atoms with Crippen LogP contribution in [0.2, 0.25) is 0 Å². The van der Waals surface area contributed by atoms with Crippen molar-refractivity contribution in [1.29, 1.82) is 0 Å². The Kier molecular flexibility index (Phi) is 8.90. The van der Waals surface area contributed by atoms with Gasteiger partial charge in [0.2, 0.25) is 10.0 Å². The van der Waals surface area contributed by atoms with Crippen molar-refractivity contribution in [2.24, 2.45) is 5.92 Å². The van der Waals surface area contributed by atoms with Crippen molar-refractivity contribution in [3.05, 3.63) is 0 Å². The summed E-state index contributed by atoms with van der Waals surface area (Å²) in [7, 11) is -2.14. The van der Waals surface area contributed by atoms with Gasteiger partial charge in [0.05, 0.1) is 25.6 Å². The van der Waals surface area contributed by atoms with Gasteiger partial charge in [-0.2, -0.15) is 0 Å². The fourth-order valence-electron chi connectivity index (χ4n) is 1.36.